The van der Waals surface area contributed by atoms with Gasteiger partial charge in [-0.2, -0.15) is 0 Å². The van der Waals surface area contributed by atoms with Crippen molar-refractivity contribution in [1.29, 1.82) is 0 Å². The Bertz CT molecular complexity index is 1260. The minimum absolute atomic E-state index is 0.00416. The van der Waals surface area contributed by atoms with Crippen molar-refractivity contribution in [2.45, 2.75) is 50.9 Å². The number of anilines is 1. The van der Waals surface area contributed by atoms with Crippen LogP contribution in [0.5, 0.6) is 0 Å². The molecule has 0 radical (unpaired) electrons. The lowest BCUT2D eigenvalue weighted by Crippen LogP contribution is -2.49. The molecule has 176 valence electrons. The number of piperazine rings is 1. The number of carbonyl (C=O) groups is 1. The fourth-order valence-corrected chi connectivity index (χ4v) is 6.38. The van der Waals surface area contributed by atoms with E-state index < -0.39 is 4.92 Å². The fraction of sp³-hybridized carbons (Fsp3) is 0.480. The Morgan fingerprint density at radius 1 is 1.00 bits per heavy atom. The third-order valence-corrected chi connectivity index (χ3v) is 8.38. The number of nitro benzene ring substituents is 1. The Morgan fingerprint density at radius 3 is 2.44 bits per heavy atom. The van der Waals surface area contributed by atoms with E-state index in [4.69, 9.17) is 9.97 Å². The normalized spacial score (nSPS) is 18.6. The van der Waals surface area contributed by atoms with Gasteiger partial charge in [-0.1, -0.05) is 6.42 Å². The molecule has 0 unspecified atom stereocenters. The third kappa shape index (κ3) is 3.91. The maximum absolute atomic E-state index is 13.0. The number of benzene rings is 1. The fourth-order valence-electron chi connectivity index (χ4n) is 5.11. The molecule has 0 spiro atoms. The first-order chi connectivity index (χ1) is 16.6. The summed E-state index contributed by atoms with van der Waals surface area (Å²) in [6, 6.07) is 5.87. The second kappa shape index (κ2) is 8.61. The van der Waals surface area contributed by atoms with Gasteiger partial charge in [-0.05, 0) is 56.2 Å². The Balaban J connectivity index is 1.26. The van der Waals surface area contributed by atoms with E-state index in [-0.39, 0.29) is 11.6 Å². The summed E-state index contributed by atoms with van der Waals surface area (Å²) in [5.74, 6) is 2.47. The lowest BCUT2D eigenvalue weighted by Gasteiger charge is -2.36. The van der Waals surface area contributed by atoms with Crippen molar-refractivity contribution in [3.63, 3.8) is 0 Å². The molecule has 6 rings (SSSR count). The number of nitrogens with zero attached hydrogens (tertiary/aromatic N) is 5. The number of nitro groups is 1. The monoisotopic (exact) mass is 477 g/mol. The predicted molar refractivity (Wildman–Crippen MR) is 132 cm³/mol. The van der Waals surface area contributed by atoms with Gasteiger partial charge in [0, 0.05) is 54.7 Å². The van der Waals surface area contributed by atoms with E-state index in [9.17, 15) is 14.9 Å². The van der Waals surface area contributed by atoms with Gasteiger partial charge in [0.1, 0.15) is 16.5 Å². The SMILES string of the molecule is O=C(c1ccc([N+](=O)[O-])cc1)N1CCN(c2nc(C3CC3)nc3sc4c(c23)CCCCC4)CC1. The van der Waals surface area contributed by atoms with E-state index in [0.29, 0.717) is 24.6 Å². The number of hydrogen-bond donors (Lipinski definition) is 0. The Hall–Kier alpha value is -3.07. The summed E-state index contributed by atoms with van der Waals surface area (Å²) in [6.45, 7) is 2.65. The van der Waals surface area contributed by atoms with E-state index in [0.717, 1.165) is 42.4 Å². The number of thiophene rings is 1. The van der Waals surface area contributed by atoms with Crippen molar-refractivity contribution in [3.8, 4) is 0 Å². The zero-order valence-corrected chi connectivity index (χ0v) is 19.9. The van der Waals surface area contributed by atoms with Crippen molar-refractivity contribution in [2.75, 3.05) is 31.1 Å². The second-order valence-electron chi connectivity index (χ2n) is 9.51. The van der Waals surface area contributed by atoms with Gasteiger partial charge in [0.05, 0.1) is 10.3 Å². The number of hydrogen-bond acceptors (Lipinski definition) is 7. The molecule has 0 N–H and O–H groups in total. The topological polar surface area (TPSA) is 92.5 Å². The first-order valence-corrected chi connectivity index (χ1v) is 13.0. The summed E-state index contributed by atoms with van der Waals surface area (Å²) in [7, 11) is 0. The summed E-state index contributed by atoms with van der Waals surface area (Å²) in [6.07, 6.45) is 8.35. The number of fused-ring (bicyclic) bond motifs is 3. The van der Waals surface area contributed by atoms with Gasteiger partial charge in [-0.3, -0.25) is 14.9 Å². The standard InChI is InChI=1S/C25H27N5O3S/c31-25(17-8-10-18(11-9-17)30(32)33)29-14-12-28(13-15-29)23-21-19-4-2-1-3-5-20(19)34-24(21)27-22(26-23)16-6-7-16/h8-11,16H,1-7,12-15H2. The van der Waals surface area contributed by atoms with Gasteiger partial charge in [0.15, 0.2) is 0 Å². The molecule has 1 amide bonds. The molecule has 3 aromatic rings. The number of carbonyl (C=O) groups excluding carboxylic acids is 1. The van der Waals surface area contributed by atoms with Crippen LogP contribution in [0, 0.1) is 10.1 Å². The minimum atomic E-state index is -0.448. The zero-order valence-electron chi connectivity index (χ0n) is 19.0. The number of aromatic nitrogens is 2. The lowest BCUT2D eigenvalue weighted by molar-refractivity contribution is -0.384. The van der Waals surface area contributed by atoms with E-state index in [1.807, 2.05) is 16.2 Å². The smallest absolute Gasteiger partial charge is 0.269 e. The van der Waals surface area contributed by atoms with Crippen molar-refractivity contribution in [1.82, 2.24) is 14.9 Å². The molecular weight excluding hydrogens is 450 g/mol. The van der Waals surface area contributed by atoms with Gasteiger partial charge >= 0.3 is 0 Å². The molecule has 1 saturated heterocycles. The lowest BCUT2D eigenvalue weighted by atomic mass is 10.1. The van der Waals surface area contributed by atoms with Crippen LogP contribution >= 0.6 is 11.3 Å². The molecule has 1 saturated carbocycles. The van der Waals surface area contributed by atoms with Crippen molar-refractivity contribution in [2.24, 2.45) is 0 Å². The van der Waals surface area contributed by atoms with Gasteiger partial charge < -0.3 is 9.80 Å². The molecule has 3 aliphatic rings. The van der Waals surface area contributed by atoms with Crippen molar-refractivity contribution < 1.29 is 9.72 Å². The average Bonchev–Trinajstić information content (AvgIpc) is 3.68. The number of amides is 1. The summed E-state index contributed by atoms with van der Waals surface area (Å²) >= 11 is 1.87. The van der Waals surface area contributed by atoms with Crippen LogP contribution in [0.3, 0.4) is 0 Å². The number of non-ortho nitro benzene ring substituents is 1. The van der Waals surface area contributed by atoms with Crippen LogP contribution in [-0.4, -0.2) is 51.9 Å². The van der Waals surface area contributed by atoms with Crippen LogP contribution in [0.15, 0.2) is 24.3 Å². The highest BCUT2D eigenvalue weighted by Crippen LogP contribution is 2.44. The molecule has 1 aromatic carbocycles. The minimum Gasteiger partial charge on any atom is -0.352 e. The third-order valence-electron chi connectivity index (χ3n) is 7.20. The largest absolute Gasteiger partial charge is 0.352 e. The second-order valence-corrected chi connectivity index (χ2v) is 10.6. The van der Waals surface area contributed by atoms with Crippen LogP contribution in [0.4, 0.5) is 11.5 Å². The van der Waals surface area contributed by atoms with E-state index in [1.165, 1.54) is 60.1 Å². The first kappa shape index (κ1) is 21.5. The Kier molecular flexibility index (Phi) is 5.44. The van der Waals surface area contributed by atoms with Crippen LogP contribution in [0.1, 0.15) is 64.6 Å². The van der Waals surface area contributed by atoms with E-state index in [1.54, 1.807) is 12.1 Å². The molecule has 9 heteroatoms. The number of rotatable bonds is 4. The van der Waals surface area contributed by atoms with Crippen molar-refractivity contribution in [3.05, 3.63) is 56.2 Å². The Morgan fingerprint density at radius 2 is 1.74 bits per heavy atom. The van der Waals surface area contributed by atoms with E-state index >= 15 is 0 Å². The molecule has 3 heterocycles. The Labute approximate surface area is 201 Å². The molecule has 0 atom stereocenters. The summed E-state index contributed by atoms with van der Waals surface area (Å²) in [5.41, 5.74) is 1.94. The van der Waals surface area contributed by atoms with Gasteiger partial charge in [0.25, 0.3) is 11.6 Å². The molecule has 1 aliphatic heterocycles. The van der Waals surface area contributed by atoms with Gasteiger partial charge in [-0.15, -0.1) is 11.3 Å². The molecule has 2 fully saturated rings. The molecule has 0 bridgehead atoms. The zero-order chi connectivity index (χ0) is 23.2. The summed E-state index contributed by atoms with van der Waals surface area (Å²) in [5, 5.41) is 12.2. The van der Waals surface area contributed by atoms with Crippen LogP contribution in [-0.2, 0) is 12.8 Å². The first-order valence-electron chi connectivity index (χ1n) is 12.2. The highest BCUT2D eigenvalue weighted by molar-refractivity contribution is 7.19. The molecule has 8 nitrogen and oxygen atoms in total. The maximum Gasteiger partial charge on any atom is 0.269 e. The quantitative estimate of drug-likeness (QED) is 0.307. The summed E-state index contributed by atoms with van der Waals surface area (Å²) in [4.78, 5) is 40.4. The van der Waals surface area contributed by atoms with Crippen LogP contribution < -0.4 is 4.90 Å². The molecule has 2 aliphatic carbocycles. The van der Waals surface area contributed by atoms with Crippen LogP contribution in [0.2, 0.25) is 0 Å². The number of aryl methyl sites for hydroxylation is 2. The highest BCUT2D eigenvalue weighted by Gasteiger charge is 2.32. The average molecular weight is 478 g/mol. The van der Waals surface area contributed by atoms with Gasteiger partial charge in [-0.25, -0.2) is 9.97 Å². The predicted octanol–water partition coefficient (Wildman–Crippen LogP) is 4.71. The maximum atomic E-state index is 13.0. The molecule has 2 aromatic heterocycles. The molecular formula is C25H27N5O3S. The van der Waals surface area contributed by atoms with Crippen LogP contribution in [0.25, 0.3) is 10.2 Å². The van der Waals surface area contributed by atoms with Gasteiger partial charge in [0.2, 0.25) is 0 Å². The van der Waals surface area contributed by atoms with E-state index in [2.05, 4.69) is 4.90 Å². The molecule has 34 heavy (non-hydrogen) atoms. The summed E-state index contributed by atoms with van der Waals surface area (Å²) < 4.78 is 0. The highest BCUT2D eigenvalue weighted by atomic mass is 32.1. The van der Waals surface area contributed by atoms with Crippen molar-refractivity contribution >= 4 is 39.0 Å².